The van der Waals surface area contributed by atoms with Gasteiger partial charge in [-0.3, -0.25) is 0 Å². The number of alkyl halides is 3. The molecule has 3 nitrogen and oxygen atoms in total. The number of aliphatic hydroxyl groups excluding tert-OH is 1. The molecule has 0 aromatic heterocycles. The number of aromatic hydroxyl groups is 1. The van der Waals surface area contributed by atoms with Crippen molar-refractivity contribution < 1.29 is 23.4 Å². The van der Waals surface area contributed by atoms with Gasteiger partial charge < -0.3 is 15.9 Å². The van der Waals surface area contributed by atoms with Gasteiger partial charge in [0.15, 0.2) is 6.10 Å². The van der Waals surface area contributed by atoms with Crippen LogP contribution in [0.4, 0.5) is 13.2 Å². The number of hydrogen-bond donors (Lipinski definition) is 3. The number of phenolic OH excluding ortho intramolecular Hbond substituents is 1. The zero-order valence-corrected chi connectivity index (χ0v) is 12.6. The Labute approximate surface area is 124 Å². The fourth-order valence-corrected chi connectivity index (χ4v) is 2.47. The van der Waals surface area contributed by atoms with Gasteiger partial charge in [0.25, 0.3) is 0 Å². The molecule has 0 unspecified atom stereocenters. The van der Waals surface area contributed by atoms with Crippen LogP contribution in [0.2, 0.25) is 0 Å². The van der Waals surface area contributed by atoms with Gasteiger partial charge in [0.2, 0.25) is 0 Å². The standard InChI is InChI=1S/C9H8Br2F3NO2.ClH/c10-3-1-4(7(16)5(11)2-3)6(15)8(17)9(12,13)14;/h1-2,6,8,16-17H,15H2;1H/t6-,8-;/m1./s1. The summed E-state index contributed by atoms with van der Waals surface area (Å²) in [7, 11) is 0. The molecule has 0 aliphatic rings. The SMILES string of the molecule is Cl.N[C@H](c1cc(Br)cc(Br)c1O)[C@@H](O)C(F)(F)F. The van der Waals surface area contributed by atoms with Gasteiger partial charge in [0.05, 0.1) is 10.5 Å². The lowest BCUT2D eigenvalue weighted by atomic mass is 10.0. The van der Waals surface area contributed by atoms with Crippen LogP contribution in [0.15, 0.2) is 21.1 Å². The first-order valence-electron chi connectivity index (χ1n) is 4.33. The van der Waals surface area contributed by atoms with E-state index in [2.05, 4.69) is 31.9 Å². The van der Waals surface area contributed by atoms with E-state index in [0.29, 0.717) is 4.47 Å². The molecular formula is C9H9Br2ClF3NO2. The second-order valence-electron chi connectivity index (χ2n) is 3.34. The maximum Gasteiger partial charge on any atom is 0.416 e. The van der Waals surface area contributed by atoms with Crippen LogP contribution in [-0.2, 0) is 0 Å². The second-order valence-corrected chi connectivity index (χ2v) is 5.11. The molecule has 0 aliphatic carbocycles. The maximum absolute atomic E-state index is 12.3. The monoisotopic (exact) mass is 413 g/mol. The van der Waals surface area contributed by atoms with Crippen LogP contribution < -0.4 is 5.73 Å². The molecule has 0 radical (unpaired) electrons. The van der Waals surface area contributed by atoms with Gasteiger partial charge in [-0.1, -0.05) is 15.9 Å². The maximum atomic E-state index is 12.3. The van der Waals surface area contributed by atoms with Crippen molar-refractivity contribution in [2.45, 2.75) is 18.3 Å². The Morgan fingerprint density at radius 3 is 2.17 bits per heavy atom. The largest absolute Gasteiger partial charge is 0.506 e. The number of rotatable bonds is 2. The van der Waals surface area contributed by atoms with Gasteiger partial charge in [-0.2, -0.15) is 13.2 Å². The molecule has 1 aromatic rings. The first kappa shape index (κ1) is 18.0. The summed E-state index contributed by atoms with van der Waals surface area (Å²) in [5.74, 6) is -0.427. The van der Waals surface area contributed by atoms with E-state index in [4.69, 9.17) is 10.8 Å². The van der Waals surface area contributed by atoms with Crippen molar-refractivity contribution >= 4 is 44.3 Å². The van der Waals surface area contributed by atoms with Crippen molar-refractivity contribution in [1.29, 1.82) is 0 Å². The molecule has 0 amide bonds. The fraction of sp³-hybridized carbons (Fsp3) is 0.333. The fourth-order valence-electron chi connectivity index (χ4n) is 1.21. The summed E-state index contributed by atoms with van der Waals surface area (Å²) < 4.78 is 37.5. The molecule has 0 fully saturated rings. The summed E-state index contributed by atoms with van der Waals surface area (Å²) in [6.07, 6.45) is -7.59. The van der Waals surface area contributed by atoms with Crippen LogP contribution in [0.25, 0.3) is 0 Å². The number of hydrogen-bond acceptors (Lipinski definition) is 3. The molecule has 18 heavy (non-hydrogen) atoms. The first-order valence-corrected chi connectivity index (χ1v) is 5.91. The highest BCUT2D eigenvalue weighted by Gasteiger charge is 2.43. The van der Waals surface area contributed by atoms with E-state index in [1.54, 1.807) is 0 Å². The van der Waals surface area contributed by atoms with E-state index in [1.165, 1.54) is 12.1 Å². The van der Waals surface area contributed by atoms with Crippen molar-refractivity contribution in [2.75, 3.05) is 0 Å². The summed E-state index contributed by atoms with van der Waals surface area (Å²) in [6.45, 7) is 0. The normalized spacial score (nSPS) is 14.8. The topological polar surface area (TPSA) is 66.5 Å². The molecular weight excluding hydrogens is 406 g/mol. The van der Waals surface area contributed by atoms with E-state index in [-0.39, 0.29) is 22.4 Å². The van der Waals surface area contributed by atoms with Crippen molar-refractivity contribution in [3.63, 3.8) is 0 Å². The predicted molar refractivity (Wildman–Crippen MR) is 69.7 cm³/mol. The van der Waals surface area contributed by atoms with Crippen LogP contribution in [0.5, 0.6) is 5.75 Å². The Morgan fingerprint density at radius 1 is 1.22 bits per heavy atom. The molecule has 0 saturated carbocycles. The van der Waals surface area contributed by atoms with Gasteiger partial charge in [0, 0.05) is 10.0 Å². The third-order valence-electron chi connectivity index (χ3n) is 2.09. The second kappa shape index (κ2) is 6.42. The molecule has 0 saturated heterocycles. The minimum atomic E-state index is -4.85. The summed E-state index contributed by atoms with van der Waals surface area (Å²) in [5, 5.41) is 18.6. The molecule has 4 N–H and O–H groups in total. The molecule has 9 heteroatoms. The summed E-state index contributed by atoms with van der Waals surface area (Å²) in [5.41, 5.74) is 5.09. The minimum absolute atomic E-state index is 0. The highest BCUT2D eigenvalue weighted by Crippen LogP contribution is 2.38. The lowest BCUT2D eigenvalue weighted by Gasteiger charge is -2.22. The van der Waals surface area contributed by atoms with Crippen molar-refractivity contribution in [2.24, 2.45) is 5.73 Å². The molecule has 2 atom stereocenters. The Hall–Kier alpha value is -0.0200. The Bertz CT molecular complexity index is 431. The van der Waals surface area contributed by atoms with Gasteiger partial charge in [-0.25, -0.2) is 0 Å². The third kappa shape index (κ3) is 3.99. The van der Waals surface area contributed by atoms with Crippen LogP contribution in [0.1, 0.15) is 11.6 Å². The number of phenols is 1. The zero-order valence-electron chi connectivity index (χ0n) is 8.58. The highest BCUT2D eigenvalue weighted by atomic mass is 79.9. The van der Waals surface area contributed by atoms with Crippen LogP contribution in [0, 0.1) is 0 Å². The predicted octanol–water partition coefficient (Wildman–Crippen LogP) is 3.26. The number of benzene rings is 1. The van der Waals surface area contributed by atoms with Gasteiger partial charge >= 0.3 is 6.18 Å². The number of nitrogens with two attached hydrogens (primary N) is 1. The van der Waals surface area contributed by atoms with Crippen molar-refractivity contribution in [3.8, 4) is 5.75 Å². The summed E-state index contributed by atoms with van der Waals surface area (Å²) in [4.78, 5) is 0. The smallest absolute Gasteiger partial charge is 0.416 e. The summed E-state index contributed by atoms with van der Waals surface area (Å²) >= 11 is 6.02. The first-order chi connectivity index (χ1) is 7.64. The molecule has 1 rings (SSSR count). The third-order valence-corrected chi connectivity index (χ3v) is 3.15. The number of halogens is 6. The Kier molecular flexibility index (Phi) is 6.42. The molecule has 104 valence electrons. The minimum Gasteiger partial charge on any atom is -0.506 e. The lowest BCUT2D eigenvalue weighted by Crippen LogP contribution is -2.38. The molecule has 0 bridgehead atoms. The molecule has 0 spiro atoms. The van der Waals surface area contributed by atoms with Crippen LogP contribution in [-0.4, -0.2) is 22.5 Å². The van der Waals surface area contributed by atoms with Crippen LogP contribution >= 0.6 is 44.3 Å². The van der Waals surface area contributed by atoms with E-state index in [0.717, 1.165) is 0 Å². The van der Waals surface area contributed by atoms with Crippen molar-refractivity contribution in [1.82, 2.24) is 0 Å². The Balaban J connectivity index is 0.00000289. The van der Waals surface area contributed by atoms with E-state index in [9.17, 15) is 18.3 Å². The molecule has 0 heterocycles. The molecule has 0 aliphatic heterocycles. The van der Waals surface area contributed by atoms with Gasteiger partial charge in [-0.05, 0) is 28.1 Å². The van der Waals surface area contributed by atoms with Crippen molar-refractivity contribution in [3.05, 3.63) is 26.6 Å². The number of aliphatic hydroxyl groups is 1. The Morgan fingerprint density at radius 2 is 1.72 bits per heavy atom. The van der Waals surface area contributed by atoms with E-state index in [1.807, 2.05) is 0 Å². The van der Waals surface area contributed by atoms with Gasteiger partial charge in [0.1, 0.15) is 5.75 Å². The zero-order chi connectivity index (χ0) is 13.4. The average Bonchev–Trinajstić information content (AvgIpc) is 2.20. The van der Waals surface area contributed by atoms with E-state index < -0.39 is 24.1 Å². The lowest BCUT2D eigenvalue weighted by molar-refractivity contribution is -0.210. The van der Waals surface area contributed by atoms with Crippen LogP contribution in [0.3, 0.4) is 0 Å². The molecule has 1 aromatic carbocycles. The quantitative estimate of drug-likeness (QED) is 0.695. The average molecular weight is 415 g/mol. The highest BCUT2D eigenvalue weighted by molar-refractivity contribution is 9.11. The van der Waals surface area contributed by atoms with Gasteiger partial charge in [-0.15, -0.1) is 12.4 Å². The van der Waals surface area contributed by atoms with E-state index >= 15 is 0 Å². The summed E-state index contributed by atoms with van der Waals surface area (Å²) in [6, 6.07) is 0.911.